The maximum Gasteiger partial charge on any atom is -0.000790 e. The van der Waals surface area contributed by atoms with Crippen LogP contribution in [0.4, 0.5) is 0 Å². The molecule has 0 saturated carbocycles. The van der Waals surface area contributed by atoms with Crippen molar-refractivity contribution in [1.82, 2.24) is 10.6 Å². The summed E-state index contributed by atoms with van der Waals surface area (Å²) in [5, 5.41) is 6.93. The van der Waals surface area contributed by atoms with Crippen molar-refractivity contribution in [2.75, 3.05) is 26.2 Å². The van der Waals surface area contributed by atoms with Crippen molar-refractivity contribution in [3.05, 3.63) is 0 Å². The average molecular weight is 184 g/mol. The van der Waals surface area contributed by atoms with Crippen molar-refractivity contribution >= 4 is 0 Å². The Hall–Kier alpha value is -0.0800. The Morgan fingerprint density at radius 3 is 2.69 bits per heavy atom. The van der Waals surface area contributed by atoms with Gasteiger partial charge in [0, 0.05) is 0 Å². The minimum Gasteiger partial charge on any atom is -0.316 e. The van der Waals surface area contributed by atoms with E-state index in [2.05, 4.69) is 31.4 Å². The molecular formula is C11H24N2. The lowest BCUT2D eigenvalue weighted by Gasteiger charge is -2.19. The monoisotopic (exact) mass is 184 g/mol. The van der Waals surface area contributed by atoms with E-state index in [1.807, 2.05) is 0 Å². The van der Waals surface area contributed by atoms with Gasteiger partial charge >= 0.3 is 0 Å². The van der Waals surface area contributed by atoms with Crippen LogP contribution < -0.4 is 10.6 Å². The fraction of sp³-hybridized carbons (Fsp3) is 1.00. The van der Waals surface area contributed by atoms with E-state index in [0.717, 1.165) is 5.92 Å². The zero-order chi connectivity index (χ0) is 9.73. The summed E-state index contributed by atoms with van der Waals surface area (Å²) in [6.45, 7) is 11.7. The van der Waals surface area contributed by atoms with Crippen molar-refractivity contribution in [1.29, 1.82) is 0 Å². The molecule has 0 aromatic heterocycles. The van der Waals surface area contributed by atoms with Gasteiger partial charge in [-0.3, -0.25) is 0 Å². The fourth-order valence-corrected chi connectivity index (χ4v) is 1.66. The van der Waals surface area contributed by atoms with Gasteiger partial charge in [-0.15, -0.1) is 0 Å². The van der Waals surface area contributed by atoms with Crippen molar-refractivity contribution in [2.45, 2.75) is 33.6 Å². The summed E-state index contributed by atoms with van der Waals surface area (Å²) in [5.74, 6) is 0.875. The normalized spacial score (nSPS) is 23.8. The molecule has 1 rings (SSSR count). The Bertz CT molecular complexity index is 132. The smallest absolute Gasteiger partial charge is 0.000790 e. The van der Waals surface area contributed by atoms with E-state index >= 15 is 0 Å². The maximum atomic E-state index is 3.54. The topological polar surface area (TPSA) is 24.1 Å². The van der Waals surface area contributed by atoms with E-state index < -0.39 is 0 Å². The standard InChI is InChI=1S/C11H24N2/c1-11(2,3)5-7-13-9-10-4-6-12-8-10/h10,12-13H,4-9H2,1-3H3. The van der Waals surface area contributed by atoms with Crippen LogP contribution in [0.5, 0.6) is 0 Å². The summed E-state index contributed by atoms with van der Waals surface area (Å²) in [5.41, 5.74) is 0.473. The summed E-state index contributed by atoms with van der Waals surface area (Å²) < 4.78 is 0. The van der Waals surface area contributed by atoms with Gasteiger partial charge in [0.1, 0.15) is 0 Å². The first-order valence-corrected chi connectivity index (χ1v) is 5.49. The molecule has 2 N–H and O–H groups in total. The molecule has 1 atom stereocenters. The van der Waals surface area contributed by atoms with Gasteiger partial charge in [0.05, 0.1) is 0 Å². The molecule has 1 unspecified atom stereocenters. The second-order valence-corrected chi connectivity index (χ2v) is 5.37. The van der Waals surface area contributed by atoms with Crippen LogP contribution in [0.3, 0.4) is 0 Å². The molecule has 1 fully saturated rings. The van der Waals surface area contributed by atoms with Crippen LogP contribution in [0.2, 0.25) is 0 Å². The molecule has 2 nitrogen and oxygen atoms in total. The molecule has 1 aliphatic rings. The highest BCUT2D eigenvalue weighted by Crippen LogP contribution is 2.17. The molecule has 0 aromatic rings. The first-order valence-electron chi connectivity index (χ1n) is 5.49. The third kappa shape index (κ3) is 5.27. The second kappa shape index (κ2) is 4.97. The molecule has 13 heavy (non-hydrogen) atoms. The number of rotatable bonds is 4. The quantitative estimate of drug-likeness (QED) is 0.649. The highest BCUT2D eigenvalue weighted by atomic mass is 14.9. The summed E-state index contributed by atoms with van der Waals surface area (Å²) >= 11 is 0. The summed E-state index contributed by atoms with van der Waals surface area (Å²) in [6.07, 6.45) is 2.62. The fourth-order valence-electron chi connectivity index (χ4n) is 1.66. The third-order valence-electron chi connectivity index (χ3n) is 2.65. The molecule has 0 amide bonds. The first kappa shape index (κ1) is 11.0. The Balaban J connectivity index is 1.94. The number of nitrogens with one attached hydrogen (secondary N) is 2. The van der Waals surface area contributed by atoms with Crippen molar-refractivity contribution in [3.8, 4) is 0 Å². The lowest BCUT2D eigenvalue weighted by Crippen LogP contribution is -2.27. The molecule has 0 aliphatic carbocycles. The van der Waals surface area contributed by atoms with Crippen LogP contribution >= 0.6 is 0 Å². The van der Waals surface area contributed by atoms with E-state index in [1.54, 1.807) is 0 Å². The van der Waals surface area contributed by atoms with Crippen LogP contribution in [0.15, 0.2) is 0 Å². The van der Waals surface area contributed by atoms with E-state index in [-0.39, 0.29) is 0 Å². The Kier molecular flexibility index (Phi) is 4.20. The van der Waals surface area contributed by atoms with Gasteiger partial charge in [-0.05, 0) is 50.4 Å². The third-order valence-corrected chi connectivity index (χ3v) is 2.65. The van der Waals surface area contributed by atoms with Gasteiger partial charge in [-0.1, -0.05) is 20.8 Å². The first-order chi connectivity index (χ1) is 6.08. The summed E-state index contributed by atoms with van der Waals surface area (Å²) in [7, 11) is 0. The lowest BCUT2D eigenvalue weighted by atomic mass is 9.92. The molecule has 78 valence electrons. The Morgan fingerprint density at radius 2 is 2.15 bits per heavy atom. The zero-order valence-corrected chi connectivity index (χ0v) is 9.32. The Morgan fingerprint density at radius 1 is 1.38 bits per heavy atom. The van der Waals surface area contributed by atoms with Gasteiger partial charge < -0.3 is 10.6 Å². The predicted octanol–water partition coefficient (Wildman–Crippen LogP) is 1.62. The summed E-state index contributed by atoms with van der Waals surface area (Å²) in [4.78, 5) is 0. The largest absolute Gasteiger partial charge is 0.316 e. The van der Waals surface area contributed by atoms with Gasteiger partial charge in [-0.25, -0.2) is 0 Å². The highest BCUT2D eigenvalue weighted by molar-refractivity contribution is 4.73. The van der Waals surface area contributed by atoms with E-state index in [4.69, 9.17) is 0 Å². The molecule has 2 heteroatoms. The predicted molar refractivity (Wildman–Crippen MR) is 57.9 cm³/mol. The molecule has 0 bridgehead atoms. The maximum absolute atomic E-state index is 3.54. The second-order valence-electron chi connectivity index (χ2n) is 5.37. The molecule has 1 heterocycles. The molecule has 1 saturated heterocycles. The number of hydrogen-bond donors (Lipinski definition) is 2. The molecule has 0 aromatic carbocycles. The minimum absolute atomic E-state index is 0.473. The van der Waals surface area contributed by atoms with E-state index in [1.165, 1.54) is 39.0 Å². The molecule has 0 radical (unpaired) electrons. The molecule has 0 spiro atoms. The highest BCUT2D eigenvalue weighted by Gasteiger charge is 2.14. The van der Waals surface area contributed by atoms with Crippen LogP contribution in [-0.2, 0) is 0 Å². The van der Waals surface area contributed by atoms with Crippen LogP contribution in [-0.4, -0.2) is 26.2 Å². The van der Waals surface area contributed by atoms with E-state index in [0.29, 0.717) is 5.41 Å². The van der Waals surface area contributed by atoms with Gasteiger partial charge in [-0.2, -0.15) is 0 Å². The van der Waals surface area contributed by atoms with Gasteiger partial charge in [0.25, 0.3) is 0 Å². The SMILES string of the molecule is CC(C)(C)CCNCC1CCNC1. The summed E-state index contributed by atoms with van der Waals surface area (Å²) in [6, 6.07) is 0. The molecular weight excluding hydrogens is 160 g/mol. The van der Waals surface area contributed by atoms with Gasteiger partial charge in [0.2, 0.25) is 0 Å². The van der Waals surface area contributed by atoms with Crippen molar-refractivity contribution < 1.29 is 0 Å². The zero-order valence-electron chi connectivity index (χ0n) is 9.32. The van der Waals surface area contributed by atoms with Crippen LogP contribution in [0.1, 0.15) is 33.6 Å². The van der Waals surface area contributed by atoms with Crippen molar-refractivity contribution in [2.24, 2.45) is 11.3 Å². The van der Waals surface area contributed by atoms with Crippen molar-refractivity contribution in [3.63, 3.8) is 0 Å². The van der Waals surface area contributed by atoms with E-state index in [9.17, 15) is 0 Å². The van der Waals surface area contributed by atoms with Crippen LogP contribution in [0, 0.1) is 11.3 Å². The lowest BCUT2D eigenvalue weighted by molar-refractivity contribution is 0.359. The molecule has 1 aliphatic heterocycles. The van der Waals surface area contributed by atoms with Gasteiger partial charge in [0.15, 0.2) is 0 Å². The Labute approximate surface area is 82.5 Å². The van der Waals surface area contributed by atoms with Crippen LogP contribution in [0.25, 0.3) is 0 Å². The average Bonchev–Trinajstić information content (AvgIpc) is 2.48. The number of hydrogen-bond acceptors (Lipinski definition) is 2. The minimum atomic E-state index is 0.473.